The Balaban J connectivity index is 1.47. The van der Waals surface area contributed by atoms with Gasteiger partial charge in [0.15, 0.2) is 11.5 Å². The SMILES string of the molecule is CCCCCCOc1ccc(C2c3c(-c4cc(Cl)ccc4O)n[nH]c3C(=O)N2CCc2ccc(OC)c(OC)c2)cc1. The molecule has 0 fully saturated rings. The van der Waals surface area contributed by atoms with Crippen LogP contribution < -0.4 is 14.2 Å². The van der Waals surface area contributed by atoms with Gasteiger partial charge in [-0.15, -0.1) is 0 Å². The standard InChI is InChI=1S/C33H36ClN3O5/c1-4-5-6-7-18-42-24-12-9-22(10-13-24)32-29-30(25-20-23(34)11-14-26(25)38)35-36-31(29)33(39)37(32)17-16-21-8-15-27(40-2)28(19-21)41-3/h8-15,19-20,32,38H,4-7,16-18H2,1-3H3,(H,35,36). The number of fused-ring (bicyclic) bond motifs is 1. The van der Waals surface area contributed by atoms with E-state index in [2.05, 4.69) is 17.1 Å². The number of aromatic nitrogens is 2. The third-order valence-corrected chi connectivity index (χ3v) is 7.86. The van der Waals surface area contributed by atoms with Crippen LogP contribution >= 0.6 is 11.6 Å². The fourth-order valence-electron chi connectivity index (χ4n) is 5.43. The maximum absolute atomic E-state index is 13.8. The molecular formula is C33H36ClN3O5. The van der Waals surface area contributed by atoms with Crippen LogP contribution in [0.15, 0.2) is 60.7 Å². The van der Waals surface area contributed by atoms with Gasteiger partial charge in [0.2, 0.25) is 0 Å². The second-order valence-corrected chi connectivity index (χ2v) is 10.8. The third kappa shape index (κ3) is 6.04. The molecule has 0 spiro atoms. The van der Waals surface area contributed by atoms with Crippen molar-refractivity contribution in [1.29, 1.82) is 0 Å². The third-order valence-electron chi connectivity index (χ3n) is 7.63. The van der Waals surface area contributed by atoms with E-state index in [9.17, 15) is 9.90 Å². The van der Waals surface area contributed by atoms with Gasteiger partial charge >= 0.3 is 0 Å². The van der Waals surface area contributed by atoms with Crippen molar-refractivity contribution in [1.82, 2.24) is 15.1 Å². The summed E-state index contributed by atoms with van der Waals surface area (Å²) in [5.74, 6) is 1.95. The summed E-state index contributed by atoms with van der Waals surface area (Å²) >= 11 is 6.29. The van der Waals surface area contributed by atoms with E-state index in [-0.39, 0.29) is 11.7 Å². The molecule has 0 radical (unpaired) electrons. The Bertz CT molecular complexity index is 1540. The number of unbranched alkanes of at least 4 members (excludes halogenated alkanes) is 3. The van der Waals surface area contributed by atoms with E-state index in [0.717, 1.165) is 29.7 Å². The Hall–Kier alpha value is -4.17. The highest BCUT2D eigenvalue weighted by Gasteiger charge is 2.42. The molecule has 2 heterocycles. The molecule has 0 bridgehead atoms. The molecule has 9 heteroatoms. The Kier molecular flexibility index (Phi) is 9.22. The van der Waals surface area contributed by atoms with Crippen LogP contribution in [-0.4, -0.2) is 53.5 Å². The number of benzene rings is 3. The molecular weight excluding hydrogens is 554 g/mol. The zero-order valence-corrected chi connectivity index (χ0v) is 24.9. The van der Waals surface area contributed by atoms with Gasteiger partial charge in [-0.25, -0.2) is 0 Å². The van der Waals surface area contributed by atoms with Crippen molar-refractivity contribution in [2.45, 2.75) is 45.1 Å². The van der Waals surface area contributed by atoms with Crippen LogP contribution in [0, 0.1) is 0 Å². The number of amides is 1. The number of hydrogen-bond donors (Lipinski definition) is 2. The van der Waals surface area contributed by atoms with E-state index < -0.39 is 6.04 Å². The summed E-state index contributed by atoms with van der Waals surface area (Å²) in [5, 5.41) is 18.6. The predicted octanol–water partition coefficient (Wildman–Crippen LogP) is 7.20. The van der Waals surface area contributed by atoms with E-state index in [1.807, 2.05) is 47.4 Å². The molecule has 42 heavy (non-hydrogen) atoms. The number of methoxy groups -OCH3 is 2. The van der Waals surface area contributed by atoms with Gasteiger partial charge in [-0.2, -0.15) is 5.10 Å². The molecule has 1 amide bonds. The van der Waals surface area contributed by atoms with E-state index in [4.69, 9.17) is 25.8 Å². The first-order valence-corrected chi connectivity index (χ1v) is 14.6. The zero-order valence-electron chi connectivity index (χ0n) is 24.2. The molecule has 1 aliphatic heterocycles. The Labute approximate surface area is 251 Å². The first-order valence-electron chi connectivity index (χ1n) is 14.3. The number of ether oxygens (including phenoxy) is 3. The van der Waals surface area contributed by atoms with Gasteiger partial charge < -0.3 is 24.2 Å². The monoisotopic (exact) mass is 589 g/mol. The van der Waals surface area contributed by atoms with Gasteiger partial charge in [-0.05, 0) is 66.4 Å². The van der Waals surface area contributed by atoms with Crippen LogP contribution in [0.1, 0.15) is 65.8 Å². The molecule has 1 aromatic heterocycles. The van der Waals surface area contributed by atoms with Crippen molar-refractivity contribution in [3.63, 3.8) is 0 Å². The number of H-pyrrole nitrogens is 1. The molecule has 1 unspecified atom stereocenters. The average Bonchev–Trinajstić information content (AvgIpc) is 3.55. The Morgan fingerprint density at radius 2 is 1.76 bits per heavy atom. The van der Waals surface area contributed by atoms with Crippen LogP contribution in [0.5, 0.6) is 23.0 Å². The number of aromatic amines is 1. The summed E-state index contributed by atoms with van der Waals surface area (Å²) < 4.78 is 16.8. The summed E-state index contributed by atoms with van der Waals surface area (Å²) in [7, 11) is 3.21. The summed E-state index contributed by atoms with van der Waals surface area (Å²) in [6, 6.07) is 18.0. The highest BCUT2D eigenvalue weighted by atomic mass is 35.5. The molecule has 1 aliphatic rings. The van der Waals surface area contributed by atoms with E-state index >= 15 is 0 Å². The Morgan fingerprint density at radius 3 is 2.50 bits per heavy atom. The van der Waals surface area contributed by atoms with E-state index in [1.54, 1.807) is 26.4 Å². The van der Waals surface area contributed by atoms with Crippen molar-refractivity contribution in [3.05, 3.63) is 88.1 Å². The van der Waals surface area contributed by atoms with Gasteiger partial charge in [-0.3, -0.25) is 9.89 Å². The molecule has 1 atom stereocenters. The average molecular weight is 590 g/mol. The second-order valence-electron chi connectivity index (χ2n) is 10.3. The van der Waals surface area contributed by atoms with E-state index in [0.29, 0.717) is 58.6 Å². The van der Waals surface area contributed by atoms with Crippen LogP contribution in [0.2, 0.25) is 5.02 Å². The lowest BCUT2D eigenvalue weighted by molar-refractivity contribution is 0.0746. The molecule has 5 rings (SSSR count). The highest BCUT2D eigenvalue weighted by Crippen LogP contribution is 2.45. The second kappa shape index (κ2) is 13.2. The van der Waals surface area contributed by atoms with Crippen LogP contribution in [-0.2, 0) is 6.42 Å². The number of halogens is 1. The summed E-state index contributed by atoms with van der Waals surface area (Å²) in [5.41, 5.74) is 3.99. The van der Waals surface area contributed by atoms with Crippen molar-refractivity contribution < 1.29 is 24.1 Å². The summed E-state index contributed by atoms with van der Waals surface area (Å²) in [6.45, 7) is 3.30. The summed E-state index contributed by atoms with van der Waals surface area (Å²) in [6.07, 6.45) is 5.14. The number of rotatable bonds is 13. The number of nitrogens with zero attached hydrogens (tertiary/aromatic N) is 2. The number of phenols is 1. The van der Waals surface area contributed by atoms with Crippen LogP contribution in [0.4, 0.5) is 0 Å². The minimum Gasteiger partial charge on any atom is -0.507 e. The first kappa shape index (κ1) is 29.3. The fourth-order valence-corrected chi connectivity index (χ4v) is 5.60. The normalized spacial score (nSPS) is 14.2. The lowest BCUT2D eigenvalue weighted by Gasteiger charge is -2.27. The van der Waals surface area contributed by atoms with E-state index in [1.165, 1.54) is 18.9 Å². The van der Waals surface area contributed by atoms with Crippen molar-refractivity contribution >= 4 is 17.5 Å². The molecule has 0 aliphatic carbocycles. The van der Waals surface area contributed by atoms with Gasteiger partial charge in [0.05, 0.1) is 26.9 Å². The van der Waals surface area contributed by atoms with Crippen molar-refractivity contribution in [2.75, 3.05) is 27.4 Å². The maximum atomic E-state index is 13.8. The number of carbonyl (C=O) groups is 1. The molecule has 0 saturated carbocycles. The topological polar surface area (TPSA) is 96.9 Å². The number of hydrogen-bond acceptors (Lipinski definition) is 6. The van der Waals surface area contributed by atoms with Gasteiger partial charge in [-0.1, -0.05) is 56.0 Å². The quantitative estimate of drug-likeness (QED) is 0.160. The van der Waals surface area contributed by atoms with Crippen LogP contribution in [0.25, 0.3) is 11.3 Å². The minimum absolute atomic E-state index is 0.0375. The molecule has 4 aromatic rings. The van der Waals surface area contributed by atoms with Crippen molar-refractivity contribution in [2.24, 2.45) is 0 Å². The minimum atomic E-state index is -0.432. The lowest BCUT2D eigenvalue weighted by atomic mass is 9.95. The van der Waals surface area contributed by atoms with Crippen molar-refractivity contribution in [3.8, 4) is 34.3 Å². The van der Waals surface area contributed by atoms with Gasteiger partial charge in [0, 0.05) is 22.7 Å². The number of nitrogens with one attached hydrogen (secondary N) is 1. The lowest BCUT2D eigenvalue weighted by Crippen LogP contribution is -2.31. The number of phenolic OH excluding ortho intramolecular Hbond substituents is 1. The largest absolute Gasteiger partial charge is 0.507 e. The maximum Gasteiger partial charge on any atom is 0.273 e. The number of carbonyl (C=O) groups excluding carboxylic acids is 1. The van der Waals surface area contributed by atoms with Crippen LogP contribution in [0.3, 0.4) is 0 Å². The molecule has 220 valence electrons. The highest BCUT2D eigenvalue weighted by molar-refractivity contribution is 6.31. The molecule has 0 saturated heterocycles. The molecule has 8 nitrogen and oxygen atoms in total. The molecule has 2 N–H and O–H groups in total. The Morgan fingerprint density at radius 1 is 0.976 bits per heavy atom. The smallest absolute Gasteiger partial charge is 0.273 e. The number of aromatic hydroxyl groups is 1. The zero-order chi connectivity index (χ0) is 29.6. The fraction of sp³-hybridized carbons (Fsp3) is 0.333. The van der Waals surface area contributed by atoms with Gasteiger partial charge in [0.25, 0.3) is 5.91 Å². The molecule has 3 aromatic carbocycles. The predicted molar refractivity (Wildman–Crippen MR) is 163 cm³/mol. The first-order chi connectivity index (χ1) is 20.4. The van der Waals surface area contributed by atoms with Gasteiger partial charge in [0.1, 0.15) is 22.9 Å². The summed E-state index contributed by atoms with van der Waals surface area (Å²) in [4.78, 5) is 15.7.